The van der Waals surface area contributed by atoms with Crippen LogP contribution in [0.4, 0.5) is 0 Å². The number of hydrogen-bond donors (Lipinski definition) is 5. The molecule has 0 fully saturated rings. The van der Waals surface area contributed by atoms with Crippen molar-refractivity contribution < 1.29 is 61.3 Å². The first-order chi connectivity index (χ1) is 8.33. The molecule has 8 heteroatoms. The van der Waals surface area contributed by atoms with E-state index in [0.717, 1.165) is 0 Å². The average molecular weight is 289 g/mol. The third-order valence-corrected chi connectivity index (χ3v) is 2.59. The van der Waals surface area contributed by atoms with Crippen molar-refractivity contribution in [3.63, 3.8) is 0 Å². The van der Waals surface area contributed by atoms with Crippen LogP contribution in [0.25, 0.3) is 0 Å². The fourth-order valence-corrected chi connectivity index (χ4v) is 1.82. The SMILES string of the molecule is CC(C)C(C(=O)O)N(CC(O)CO)CC(O)CO.[H-].[Na+]. The maximum Gasteiger partial charge on any atom is 1.00 e. The summed E-state index contributed by atoms with van der Waals surface area (Å²) < 4.78 is 0. The van der Waals surface area contributed by atoms with E-state index in [0.29, 0.717) is 0 Å². The molecule has 0 amide bonds. The molecule has 0 aromatic rings. The van der Waals surface area contributed by atoms with Crippen molar-refractivity contribution in [3.8, 4) is 0 Å². The van der Waals surface area contributed by atoms with Crippen LogP contribution >= 0.6 is 0 Å². The maximum absolute atomic E-state index is 11.2. The Labute approximate surface area is 136 Å². The molecule has 0 radical (unpaired) electrons. The molecule has 0 aromatic heterocycles. The van der Waals surface area contributed by atoms with Crippen molar-refractivity contribution in [1.82, 2.24) is 4.90 Å². The number of hydrogen-bond acceptors (Lipinski definition) is 6. The normalized spacial score (nSPS) is 16.0. The quantitative estimate of drug-likeness (QED) is 0.270. The predicted octanol–water partition coefficient (Wildman–Crippen LogP) is -4.78. The van der Waals surface area contributed by atoms with Crippen molar-refractivity contribution in [3.05, 3.63) is 0 Å². The first-order valence-electron chi connectivity index (χ1n) is 5.88. The molecule has 0 heterocycles. The van der Waals surface area contributed by atoms with Crippen LogP contribution in [0, 0.1) is 5.92 Å². The molecule has 0 aliphatic heterocycles. The minimum Gasteiger partial charge on any atom is -1.00 e. The van der Waals surface area contributed by atoms with Gasteiger partial charge in [0.1, 0.15) is 6.04 Å². The van der Waals surface area contributed by atoms with E-state index in [-0.39, 0.29) is 50.0 Å². The summed E-state index contributed by atoms with van der Waals surface area (Å²) in [7, 11) is 0. The summed E-state index contributed by atoms with van der Waals surface area (Å²) in [6.07, 6.45) is -2.17. The third-order valence-electron chi connectivity index (χ3n) is 2.59. The van der Waals surface area contributed by atoms with Gasteiger partial charge in [-0.1, -0.05) is 13.8 Å². The summed E-state index contributed by atoms with van der Waals surface area (Å²) in [5.41, 5.74) is 0. The van der Waals surface area contributed by atoms with Crippen LogP contribution in [-0.4, -0.2) is 81.0 Å². The van der Waals surface area contributed by atoms with E-state index in [4.69, 9.17) is 15.3 Å². The summed E-state index contributed by atoms with van der Waals surface area (Å²) in [4.78, 5) is 12.5. The fraction of sp³-hybridized carbons (Fsp3) is 0.909. The van der Waals surface area contributed by atoms with Gasteiger partial charge in [-0.3, -0.25) is 9.69 Å². The average Bonchev–Trinajstić information content (AvgIpc) is 2.27. The molecule has 0 bridgehead atoms. The van der Waals surface area contributed by atoms with E-state index in [1.807, 2.05) is 0 Å². The van der Waals surface area contributed by atoms with Gasteiger partial charge >= 0.3 is 35.5 Å². The molecule has 0 aromatic carbocycles. The number of carboxylic acid groups (broad SMARTS) is 1. The predicted molar refractivity (Wildman–Crippen MR) is 65.1 cm³/mol. The van der Waals surface area contributed by atoms with Crippen LogP contribution < -0.4 is 29.6 Å². The number of nitrogens with zero attached hydrogens (tertiary/aromatic N) is 1. The topological polar surface area (TPSA) is 121 Å². The van der Waals surface area contributed by atoms with Gasteiger partial charge in [0.05, 0.1) is 25.4 Å². The fourth-order valence-electron chi connectivity index (χ4n) is 1.82. The molecule has 3 unspecified atom stereocenters. The van der Waals surface area contributed by atoms with Crippen molar-refractivity contribution >= 4 is 5.97 Å². The zero-order valence-corrected chi connectivity index (χ0v) is 13.7. The first-order valence-corrected chi connectivity index (χ1v) is 5.88. The molecular formula is C11H24NNaO6. The molecule has 110 valence electrons. The van der Waals surface area contributed by atoms with E-state index in [2.05, 4.69) is 0 Å². The number of aliphatic hydroxyl groups is 4. The molecule has 0 rings (SSSR count). The van der Waals surface area contributed by atoms with Crippen molar-refractivity contribution in [2.75, 3.05) is 26.3 Å². The zero-order chi connectivity index (χ0) is 14.3. The zero-order valence-electron chi connectivity index (χ0n) is 12.7. The van der Waals surface area contributed by atoms with Gasteiger partial charge in [-0.25, -0.2) is 0 Å². The van der Waals surface area contributed by atoms with E-state index >= 15 is 0 Å². The van der Waals surface area contributed by atoms with Crippen LogP contribution in [0.15, 0.2) is 0 Å². The number of carboxylic acids is 1. The van der Waals surface area contributed by atoms with Gasteiger partial charge < -0.3 is 27.0 Å². The van der Waals surface area contributed by atoms with Gasteiger partial charge in [-0.2, -0.15) is 0 Å². The van der Waals surface area contributed by atoms with Gasteiger partial charge in [-0.15, -0.1) is 0 Å². The van der Waals surface area contributed by atoms with Crippen molar-refractivity contribution in [2.24, 2.45) is 5.92 Å². The van der Waals surface area contributed by atoms with E-state index in [1.54, 1.807) is 13.8 Å². The van der Waals surface area contributed by atoms with E-state index in [9.17, 15) is 15.0 Å². The smallest absolute Gasteiger partial charge is 1.00 e. The largest absolute Gasteiger partial charge is 1.00 e. The molecule has 7 nitrogen and oxygen atoms in total. The molecule has 0 saturated carbocycles. The second-order valence-corrected chi connectivity index (χ2v) is 4.65. The number of rotatable bonds is 9. The minimum atomic E-state index is -1.09. The number of carbonyl (C=O) groups is 1. The summed E-state index contributed by atoms with van der Waals surface area (Å²) >= 11 is 0. The summed E-state index contributed by atoms with van der Waals surface area (Å²) in [5, 5.41) is 45.5. The van der Waals surface area contributed by atoms with Crippen LogP contribution in [0.3, 0.4) is 0 Å². The Hall–Kier alpha value is 0.270. The summed E-state index contributed by atoms with van der Waals surface area (Å²) in [6, 6.07) is -0.896. The Kier molecular flexibility index (Phi) is 12.5. The van der Waals surface area contributed by atoms with Gasteiger partial charge in [0.15, 0.2) is 0 Å². The van der Waals surface area contributed by atoms with Crippen LogP contribution in [-0.2, 0) is 4.79 Å². The third kappa shape index (κ3) is 8.21. The van der Waals surface area contributed by atoms with Crippen LogP contribution in [0.2, 0.25) is 0 Å². The van der Waals surface area contributed by atoms with Crippen LogP contribution in [0.1, 0.15) is 15.3 Å². The Bertz CT molecular complexity index is 247. The molecule has 5 N–H and O–H groups in total. The molecule has 19 heavy (non-hydrogen) atoms. The second kappa shape index (κ2) is 11.0. The maximum atomic E-state index is 11.2. The Balaban J connectivity index is -0.00000144. The van der Waals surface area contributed by atoms with Crippen molar-refractivity contribution in [2.45, 2.75) is 32.1 Å². The number of aliphatic carboxylic acids is 1. The monoisotopic (exact) mass is 289 g/mol. The van der Waals surface area contributed by atoms with Crippen molar-refractivity contribution in [1.29, 1.82) is 0 Å². The minimum absolute atomic E-state index is 0. The van der Waals surface area contributed by atoms with E-state index < -0.39 is 37.4 Å². The molecule has 0 aliphatic rings. The number of aliphatic hydroxyl groups excluding tert-OH is 4. The Morgan fingerprint density at radius 2 is 1.47 bits per heavy atom. The Morgan fingerprint density at radius 3 is 1.68 bits per heavy atom. The van der Waals surface area contributed by atoms with Gasteiger partial charge in [0.25, 0.3) is 0 Å². The van der Waals surface area contributed by atoms with Crippen LogP contribution in [0.5, 0.6) is 0 Å². The molecule has 0 spiro atoms. The second-order valence-electron chi connectivity index (χ2n) is 4.65. The van der Waals surface area contributed by atoms with Gasteiger partial charge in [0.2, 0.25) is 0 Å². The first kappa shape index (κ1) is 21.6. The van der Waals surface area contributed by atoms with Gasteiger partial charge in [0, 0.05) is 13.1 Å². The standard InChI is InChI=1S/C11H23NO6.Na.H/c1-7(2)10(11(17)18)12(3-8(15)5-13)4-9(16)6-14;;/h7-10,13-16H,3-6H2,1-2H3,(H,17,18);;/q;+1;-1. The molecule has 0 saturated heterocycles. The Morgan fingerprint density at radius 1 is 1.11 bits per heavy atom. The van der Waals surface area contributed by atoms with E-state index in [1.165, 1.54) is 4.90 Å². The molecular weight excluding hydrogens is 265 g/mol. The summed E-state index contributed by atoms with van der Waals surface area (Å²) in [5.74, 6) is -1.31. The molecule has 0 aliphatic carbocycles. The van der Waals surface area contributed by atoms with Gasteiger partial charge in [-0.05, 0) is 5.92 Å². The molecule has 3 atom stereocenters. The summed E-state index contributed by atoms with van der Waals surface area (Å²) in [6.45, 7) is 2.28.